The summed E-state index contributed by atoms with van der Waals surface area (Å²) in [7, 11) is 0. The molecule has 1 atom stereocenters. The fourth-order valence-electron chi connectivity index (χ4n) is 3.29. The number of nitrogens with zero attached hydrogens (tertiary/aromatic N) is 4. The van der Waals surface area contributed by atoms with Gasteiger partial charge in [-0.25, -0.2) is 4.39 Å². The Morgan fingerprint density at radius 1 is 1.14 bits per heavy atom. The Labute approximate surface area is 170 Å². The largest absolute Gasteiger partial charge is 0.298 e. The number of Topliss-reactive ketones (excluding diaryl/α,β-unsaturated/α-hetero) is 1. The fraction of sp³-hybridized carbons (Fsp3) is 0.571. The van der Waals surface area contributed by atoms with E-state index in [2.05, 4.69) is 22.0 Å². The lowest BCUT2D eigenvalue weighted by Gasteiger charge is -2.31. The maximum absolute atomic E-state index is 13.5. The van der Waals surface area contributed by atoms with E-state index in [4.69, 9.17) is 0 Å². The first kappa shape index (κ1) is 21.0. The molecule has 2 aromatic rings. The van der Waals surface area contributed by atoms with Crippen LogP contribution in [0.25, 0.3) is 5.69 Å². The number of hydrogen-bond acceptors (Lipinski definition) is 5. The van der Waals surface area contributed by atoms with Gasteiger partial charge in [0.1, 0.15) is 11.6 Å². The van der Waals surface area contributed by atoms with Gasteiger partial charge in [0.25, 0.3) is 0 Å². The van der Waals surface area contributed by atoms with Crippen molar-refractivity contribution in [2.45, 2.75) is 58.2 Å². The summed E-state index contributed by atoms with van der Waals surface area (Å²) in [4.78, 5) is 14.8. The molecule has 0 N–H and O–H groups in total. The molecule has 2 heterocycles. The number of aromatic nitrogens is 3. The van der Waals surface area contributed by atoms with Crippen LogP contribution < -0.4 is 0 Å². The van der Waals surface area contributed by atoms with Gasteiger partial charge in [0.2, 0.25) is 0 Å². The molecular weight excluding hydrogens is 375 g/mol. The van der Waals surface area contributed by atoms with Gasteiger partial charge in [0.05, 0.1) is 11.8 Å². The molecule has 152 valence electrons. The highest BCUT2D eigenvalue weighted by molar-refractivity contribution is 7.99. The van der Waals surface area contributed by atoms with Crippen LogP contribution >= 0.6 is 11.8 Å². The number of halogens is 1. The molecular formula is C21H29FN4OS. The van der Waals surface area contributed by atoms with Crippen LogP contribution in [-0.2, 0) is 4.79 Å². The SMILES string of the molecule is C[C@H](c1nnc(SCC(=O)C(C)(C)C)n1-c1ccc(F)cc1)N1CCCCC1. The van der Waals surface area contributed by atoms with Crippen LogP contribution in [0.4, 0.5) is 4.39 Å². The minimum absolute atomic E-state index is 0.102. The summed E-state index contributed by atoms with van der Waals surface area (Å²) in [5, 5.41) is 9.53. The van der Waals surface area contributed by atoms with E-state index in [0.717, 1.165) is 24.6 Å². The van der Waals surface area contributed by atoms with Crippen molar-refractivity contribution in [1.82, 2.24) is 19.7 Å². The monoisotopic (exact) mass is 404 g/mol. The lowest BCUT2D eigenvalue weighted by atomic mass is 9.92. The maximum Gasteiger partial charge on any atom is 0.196 e. The standard InChI is InChI=1S/C21H29FN4OS/c1-15(25-12-6-5-7-13-25)19-23-24-20(28-14-18(27)21(2,3)4)26(19)17-10-8-16(22)9-11-17/h8-11,15H,5-7,12-14H2,1-4H3/t15-/m1/s1. The predicted molar refractivity (Wildman–Crippen MR) is 110 cm³/mol. The van der Waals surface area contributed by atoms with Gasteiger partial charge >= 0.3 is 0 Å². The van der Waals surface area contributed by atoms with Crippen LogP contribution in [0.2, 0.25) is 0 Å². The summed E-state index contributed by atoms with van der Waals surface area (Å²) >= 11 is 1.39. The number of hydrogen-bond donors (Lipinski definition) is 0. The van der Waals surface area contributed by atoms with Gasteiger partial charge in [-0.3, -0.25) is 14.3 Å². The van der Waals surface area contributed by atoms with E-state index < -0.39 is 5.41 Å². The van der Waals surface area contributed by atoms with E-state index in [0.29, 0.717) is 10.9 Å². The van der Waals surface area contributed by atoms with Crippen molar-refractivity contribution in [3.63, 3.8) is 0 Å². The summed E-state index contributed by atoms with van der Waals surface area (Å²) in [5.41, 5.74) is 0.424. The van der Waals surface area contributed by atoms with Crippen LogP contribution in [-0.4, -0.2) is 44.3 Å². The van der Waals surface area contributed by atoms with Gasteiger partial charge in [-0.2, -0.15) is 0 Å². The highest BCUT2D eigenvalue weighted by Crippen LogP contribution is 2.30. The minimum Gasteiger partial charge on any atom is -0.298 e. The lowest BCUT2D eigenvalue weighted by Crippen LogP contribution is -2.33. The van der Waals surface area contributed by atoms with Gasteiger partial charge in [0.15, 0.2) is 11.0 Å². The fourth-order valence-corrected chi connectivity index (χ4v) is 4.41. The van der Waals surface area contributed by atoms with Crippen molar-refractivity contribution < 1.29 is 9.18 Å². The highest BCUT2D eigenvalue weighted by atomic mass is 32.2. The molecule has 1 aromatic carbocycles. The number of thioether (sulfide) groups is 1. The Balaban J connectivity index is 1.92. The molecule has 0 bridgehead atoms. The summed E-state index contributed by atoms with van der Waals surface area (Å²) in [6.45, 7) is 9.99. The number of benzene rings is 1. The van der Waals surface area contributed by atoms with Gasteiger partial charge in [-0.15, -0.1) is 10.2 Å². The Hall–Kier alpha value is -1.73. The molecule has 1 aliphatic rings. The average molecular weight is 405 g/mol. The van der Waals surface area contributed by atoms with Crippen molar-refractivity contribution in [2.75, 3.05) is 18.8 Å². The van der Waals surface area contributed by atoms with Gasteiger partial charge in [0, 0.05) is 11.1 Å². The second-order valence-electron chi connectivity index (χ2n) is 8.39. The summed E-state index contributed by atoms with van der Waals surface area (Å²) in [6, 6.07) is 6.46. The predicted octanol–water partition coefficient (Wildman–Crippen LogP) is 4.66. The van der Waals surface area contributed by atoms with E-state index >= 15 is 0 Å². The maximum atomic E-state index is 13.5. The lowest BCUT2D eigenvalue weighted by molar-refractivity contribution is -0.123. The van der Waals surface area contributed by atoms with Crippen LogP contribution in [0, 0.1) is 11.2 Å². The van der Waals surface area contributed by atoms with E-state index in [1.807, 2.05) is 25.3 Å². The van der Waals surface area contributed by atoms with E-state index in [1.54, 1.807) is 12.1 Å². The zero-order valence-electron chi connectivity index (χ0n) is 17.1. The third-order valence-electron chi connectivity index (χ3n) is 5.22. The van der Waals surface area contributed by atoms with Crippen molar-refractivity contribution in [3.8, 4) is 5.69 Å². The number of carbonyl (C=O) groups excluding carboxylic acids is 1. The summed E-state index contributed by atoms with van der Waals surface area (Å²) in [5.74, 6) is 1.05. The van der Waals surface area contributed by atoms with Gasteiger partial charge < -0.3 is 0 Å². The first-order valence-corrected chi connectivity index (χ1v) is 10.9. The highest BCUT2D eigenvalue weighted by Gasteiger charge is 2.27. The molecule has 0 saturated carbocycles. The molecule has 7 heteroatoms. The van der Waals surface area contributed by atoms with Crippen LogP contribution in [0.15, 0.2) is 29.4 Å². The van der Waals surface area contributed by atoms with Crippen molar-refractivity contribution in [2.24, 2.45) is 5.41 Å². The number of rotatable bonds is 6. The molecule has 0 unspecified atom stereocenters. The molecule has 0 radical (unpaired) electrons. The molecule has 0 amide bonds. The molecule has 3 rings (SSSR count). The molecule has 1 aromatic heterocycles. The third-order valence-corrected chi connectivity index (χ3v) is 6.15. The zero-order chi connectivity index (χ0) is 20.3. The summed E-state index contributed by atoms with van der Waals surface area (Å²) in [6.07, 6.45) is 3.65. The van der Waals surface area contributed by atoms with Crippen molar-refractivity contribution >= 4 is 17.5 Å². The normalized spacial score (nSPS) is 16.9. The van der Waals surface area contributed by atoms with Gasteiger partial charge in [-0.05, 0) is 57.1 Å². The molecule has 1 aliphatic heterocycles. The Bertz CT molecular complexity index is 807. The second kappa shape index (κ2) is 8.74. The van der Waals surface area contributed by atoms with Crippen LogP contribution in [0.5, 0.6) is 0 Å². The van der Waals surface area contributed by atoms with E-state index in [-0.39, 0.29) is 17.6 Å². The summed E-state index contributed by atoms with van der Waals surface area (Å²) < 4.78 is 15.4. The van der Waals surface area contributed by atoms with Crippen LogP contribution in [0.1, 0.15) is 58.8 Å². The zero-order valence-corrected chi connectivity index (χ0v) is 17.9. The first-order valence-electron chi connectivity index (χ1n) is 9.89. The van der Waals surface area contributed by atoms with E-state index in [1.165, 1.54) is 43.2 Å². The molecule has 1 fully saturated rings. The number of likely N-dealkylation sites (tertiary alicyclic amines) is 1. The average Bonchev–Trinajstić information content (AvgIpc) is 3.10. The van der Waals surface area contributed by atoms with Crippen molar-refractivity contribution in [1.29, 1.82) is 0 Å². The topological polar surface area (TPSA) is 51.0 Å². The molecule has 1 saturated heterocycles. The Kier molecular flexibility index (Phi) is 6.55. The van der Waals surface area contributed by atoms with Crippen molar-refractivity contribution in [3.05, 3.63) is 35.9 Å². The first-order chi connectivity index (χ1) is 13.3. The second-order valence-corrected chi connectivity index (χ2v) is 9.33. The molecule has 0 spiro atoms. The Morgan fingerprint density at radius 3 is 2.39 bits per heavy atom. The molecule has 0 aliphatic carbocycles. The van der Waals surface area contributed by atoms with Gasteiger partial charge in [-0.1, -0.05) is 39.0 Å². The minimum atomic E-state index is -0.391. The number of ketones is 1. The Morgan fingerprint density at radius 2 is 1.79 bits per heavy atom. The van der Waals surface area contributed by atoms with Crippen LogP contribution in [0.3, 0.4) is 0 Å². The number of carbonyl (C=O) groups is 1. The third kappa shape index (κ3) is 4.81. The number of piperidine rings is 1. The molecule has 5 nitrogen and oxygen atoms in total. The smallest absolute Gasteiger partial charge is 0.196 e. The quantitative estimate of drug-likeness (QED) is 0.656. The van der Waals surface area contributed by atoms with E-state index in [9.17, 15) is 9.18 Å². The molecule has 28 heavy (non-hydrogen) atoms.